The van der Waals surface area contributed by atoms with E-state index in [1.54, 1.807) is 0 Å². The van der Waals surface area contributed by atoms with E-state index in [1.807, 2.05) is 0 Å². The van der Waals surface area contributed by atoms with Crippen LogP contribution in [0.25, 0.3) is 0 Å². The maximum Gasteiger partial charge on any atom is 0.326 e. The summed E-state index contributed by atoms with van der Waals surface area (Å²) in [6, 6.07) is 7.78. The Balaban J connectivity index is 2.12. The Bertz CT molecular complexity index is 856. The number of imide groups is 1. The van der Waals surface area contributed by atoms with Crippen molar-refractivity contribution < 1.29 is 14.4 Å². The van der Waals surface area contributed by atoms with E-state index in [9.17, 15) is 14.4 Å². The summed E-state index contributed by atoms with van der Waals surface area (Å²) < 4.78 is 0. The number of urea groups is 1. The Labute approximate surface area is 158 Å². The lowest BCUT2D eigenvalue weighted by Crippen LogP contribution is -2.34. The third-order valence-electron chi connectivity index (χ3n) is 3.11. The summed E-state index contributed by atoms with van der Waals surface area (Å²) in [7, 11) is 1.48. The Hall–Kier alpha value is -2.28. The van der Waals surface area contributed by atoms with E-state index in [0.29, 0.717) is 10.6 Å². The molecule has 0 atom stereocenters. The molecule has 130 valence electrons. The molecular formula is C16H12Cl3N3O3. The zero-order chi connectivity index (χ0) is 18.6. The minimum Gasteiger partial charge on any atom is -0.355 e. The number of carbonyl (C=O) groups excluding carboxylic acids is 3. The molecule has 0 heterocycles. The molecule has 9 heteroatoms. The maximum absolute atomic E-state index is 12.1. The van der Waals surface area contributed by atoms with Crippen LogP contribution in [0, 0.1) is 0 Å². The van der Waals surface area contributed by atoms with E-state index in [0.717, 1.165) is 0 Å². The van der Waals surface area contributed by atoms with Crippen molar-refractivity contribution in [2.45, 2.75) is 0 Å². The molecular weight excluding hydrogens is 389 g/mol. The second-order valence-corrected chi connectivity index (χ2v) is 6.06. The first kappa shape index (κ1) is 19.1. The lowest BCUT2D eigenvalue weighted by Gasteiger charge is -2.10. The molecule has 2 aromatic carbocycles. The van der Waals surface area contributed by atoms with Gasteiger partial charge in [-0.05, 0) is 36.4 Å². The van der Waals surface area contributed by atoms with E-state index in [1.165, 1.54) is 43.4 Å². The smallest absolute Gasteiger partial charge is 0.326 e. The molecule has 0 spiro atoms. The van der Waals surface area contributed by atoms with E-state index >= 15 is 0 Å². The van der Waals surface area contributed by atoms with Gasteiger partial charge in [0.05, 0.1) is 21.3 Å². The molecule has 0 fully saturated rings. The van der Waals surface area contributed by atoms with Crippen molar-refractivity contribution in [3.63, 3.8) is 0 Å². The Morgan fingerprint density at radius 1 is 0.880 bits per heavy atom. The largest absolute Gasteiger partial charge is 0.355 e. The van der Waals surface area contributed by atoms with Crippen LogP contribution in [-0.2, 0) is 0 Å². The molecule has 0 aliphatic heterocycles. The van der Waals surface area contributed by atoms with Crippen molar-refractivity contribution in [2.24, 2.45) is 0 Å². The van der Waals surface area contributed by atoms with Crippen LogP contribution in [0.15, 0.2) is 36.4 Å². The standard InChI is InChI=1S/C16H12Cl3N3O3/c1-20-14(23)8-2-5-11(18)13(6-8)21-16(25)22-15(24)10-4-3-9(17)7-12(10)19/h2-7H,1H3,(H,20,23)(H2,21,22,24,25). The second-order valence-electron chi connectivity index (χ2n) is 4.81. The van der Waals surface area contributed by atoms with E-state index in [4.69, 9.17) is 34.8 Å². The molecule has 4 amide bonds. The summed E-state index contributed by atoms with van der Waals surface area (Å²) in [6.07, 6.45) is 0. The number of hydrogen-bond donors (Lipinski definition) is 3. The zero-order valence-electron chi connectivity index (χ0n) is 12.8. The SMILES string of the molecule is CNC(=O)c1ccc(Cl)c(NC(=O)NC(=O)c2ccc(Cl)cc2Cl)c1. The van der Waals surface area contributed by atoms with Crippen molar-refractivity contribution >= 4 is 58.3 Å². The molecule has 3 N–H and O–H groups in total. The highest BCUT2D eigenvalue weighted by Gasteiger charge is 2.15. The van der Waals surface area contributed by atoms with Gasteiger partial charge in [-0.25, -0.2) is 4.79 Å². The molecule has 0 bridgehead atoms. The molecule has 2 rings (SSSR count). The molecule has 0 aromatic heterocycles. The minimum absolute atomic E-state index is 0.0893. The highest BCUT2D eigenvalue weighted by atomic mass is 35.5. The van der Waals surface area contributed by atoms with Crippen molar-refractivity contribution in [1.29, 1.82) is 0 Å². The molecule has 0 aliphatic carbocycles. The summed E-state index contributed by atoms with van der Waals surface area (Å²) >= 11 is 17.7. The molecule has 0 saturated carbocycles. The predicted molar refractivity (Wildman–Crippen MR) is 97.8 cm³/mol. The van der Waals surface area contributed by atoms with E-state index < -0.39 is 11.9 Å². The number of rotatable bonds is 3. The number of anilines is 1. The summed E-state index contributed by atoms with van der Waals surface area (Å²) in [5, 5.41) is 7.67. The first-order chi connectivity index (χ1) is 11.8. The molecule has 0 radical (unpaired) electrons. The summed E-state index contributed by atoms with van der Waals surface area (Å²) in [5.41, 5.74) is 0.566. The van der Waals surface area contributed by atoms with Crippen LogP contribution in [0.5, 0.6) is 0 Å². The van der Waals surface area contributed by atoms with Gasteiger partial charge in [0.15, 0.2) is 0 Å². The van der Waals surface area contributed by atoms with Gasteiger partial charge in [0, 0.05) is 17.6 Å². The number of nitrogens with one attached hydrogen (secondary N) is 3. The number of halogens is 3. The first-order valence-corrected chi connectivity index (χ1v) is 8.04. The normalized spacial score (nSPS) is 10.1. The van der Waals surface area contributed by atoms with Gasteiger partial charge in [0.1, 0.15) is 0 Å². The summed E-state index contributed by atoms with van der Waals surface area (Å²) in [4.78, 5) is 35.7. The van der Waals surface area contributed by atoms with Gasteiger partial charge in [-0.15, -0.1) is 0 Å². The van der Waals surface area contributed by atoms with Gasteiger partial charge in [0.25, 0.3) is 11.8 Å². The second kappa shape index (κ2) is 8.20. The van der Waals surface area contributed by atoms with Crippen molar-refractivity contribution in [3.8, 4) is 0 Å². The quantitative estimate of drug-likeness (QED) is 0.728. The molecule has 0 saturated heterocycles. The average Bonchev–Trinajstić information content (AvgIpc) is 2.55. The third kappa shape index (κ3) is 4.85. The molecule has 2 aromatic rings. The Morgan fingerprint density at radius 3 is 2.24 bits per heavy atom. The van der Waals surface area contributed by atoms with Crippen LogP contribution in [0.4, 0.5) is 10.5 Å². The fraction of sp³-hybridized carbons (Fsp3) is 0.0625. The third-order valence-corrected chi connectivity index (χ3v) is 3.98. The first-order valence-electron chi connectivity index (χ1n) is 6.91. The van der Waals surface area contributed by atoms with Gasteiger partial charge in [0.2, 0.25) is 0 Å². The van der Waals surface area contributed by atoms with Gasteiger partial charge in [-0.2, -0.15) is 0 Å². The van der Waals surface area contributed by atoms with Crippen molar-refractivity contribution in [2.75, 3.05) is 12.4 Å². The zero-order valence-corrected chi connectivity index (χ0v) is 15.1. The van der Waals surface area contributed by atoms with Crippen LogP contribution in [-0.4, -0.2) is 24.9 Å². The number of benzene rings is 2. The molecule has 6 nitrogen and oxygen atoms in total. The van der Waals surface area contributed by atoms with Crippen LogP contribution in [0.2, 0.25) is 15.1 Å². The van der Waals surface area contributed by atoms with Crippen LogP contribution in [0.3, 0.4) is 0 Å². The Morgan fingerprint density at radius 2 is 1.60 bits per heavy atom. The lowest BCUT2D eigenvalue weighted by atomic mass is 10.2. The number of hydrogen-bond acceptors (Lipinski definition) is 3. The average molecular weight is 401 g/mol. The van der Waals surface area contributed by atoms with Crippen molar-refractivity contribution in [1.82, 2.24) is 10.6 Å². The van der Waals surface area contributed by atoms with Gasteiger partial charge in [-0.1, -0.05) is 34.8 Å². The molecule has 25 heavy (non-hydrogen) atoms. The molecule has 0 unspecified atom stereocenters. The number of amides is 4. The van der Waals surface area contributed by atoms with E-state index in [2.05, 4.69) is 16.0 Å². The Kier molecular flexibility index (Phi) is 6.25. The minimum atomic E-state index is -0.827. The van der Waals surface area contributed by atoms with Crippen LogP contribution in [0.1, 0.15) is 20.7 Å². The topological polar surface area (TPSA) is 87.3 Å². The monoisotopic (exact) mass is 399 g/mol. The highest BCUT2D eigenvalue weighted by molar-refractivity contribution is 6.37. The highest BCUT2D eigenvalue weighted by Crippen LogP contribution is 2.23. The van der Waals surface area contributed by atoms with Crippen LogP contribution >= 0.6 is 34.8 Å². The summed E-state index contributed by atoms with van der Waals surface area (Å²) in [5.74, 6) is -1.05. The maximum atomic E-state index is 12.1. The fourth-order valence-electron chi connectivity index (χ4n) is 1.90. The predicted octanol–water partition coefficient (Wildman–Crippen LogP) is 3.97. The van der Waals surface area contributed by atoms with Gasteiger partial charge in [-0.3, -0.25) is 14.9 Å². The number of carbonyl (C=O) groups is 3. The molecule has 0 aliphatic rings. The van der Waals surface area contributed by atoms with Gasteiger partial charge >= 0.3 is 6.03 Å². The summed E-state index contributed by atoms with van der Waals surface area (Å²) in [6.45, 7) is 0. The van der Waals surface area contributed by atoms with Gasteiger partial charge < -0.3 is 10.6 Å². The van der Waals surface area contributed by atoms with Crippen LogP contribution < -0.4 is 16.0 Å². The van der Waals surface area contributed by atoms with Crippen molar-refractivity contribution in [3.05, 3.63) is 62.6 Å². The lowest BCUT2D eigenvalue weighted by molar-refractivity contribution is 0.0955. The fourth-order valence-corrected chi connectivity index (χ4v) is 2.56. The van der Waals surface area contributed by atoms with E-state index in [-0.39, 0.29) is 27.2 Å².